The van der Waals surface area contributed by atoms with Crippen LogP contribution in [0.4, 0.5) is 136 Å². The van der Waals surface area contributed by atoms with Crippen molar-refractivity contribution < 1.29 is 91.8 Å². The van der Waals surface area contributed by atoms with Crippen LogP contribution in [0.15, 0.2) is 293 Å². The third kappa shape index (κ3) is 19.3. The molecule has 0 amide bonds. The van der Waals surface area contributed by atoms with Crippen molar-refractivity contribution in [3.8, 4) is 23.0 Å². The van der Waals surface area contributed by atoms with E-state index < -0.39 is 0 Å². The number of anilines is 24. The molecule has 12 aliphatic rings. The van der Waals surface area contributed by atoms with Crippen LogP contribution in [0.1, 0.15) is 0 Å². The zero-order valence-electron chi connectivity index (χ0n) is 77.5. The van der Waals surface area contributed by atoms with Crippen molar-refractivity contribution in [1.29, 1.82) is 0 Å². The van der Waals surface area contributed by atoms with E-state index in [-0.39, 0.29) is 82.3 Å². The van der Waals surface area contributed by atoms with E-state index in [9.17, 15) is 0 Å². The summed E-state index contributed by atoms with van der Waals surface area (Å²) < 4.78 is 13.4. The molecule has 0 aliphatic carbocycles. The Kier molecular flexibility index (Phi) is 28.6. The molecular formula is C108H96Ir2N24O2Pt2-12. The first-order valence-corrected chi connectivity index (χ1v) is 43.8. The minimum Gasteiger partial charge on any atom is -0.564 e. The van der Waals surface area contributed by atoms with Crippen LogP contribution in [0.3, 0.4) is 0 Å². The smallest absolute Gasteiger partial charge is 0.564 e. The van der Waals surface area contributed by atoms with Crippen molar-refractivity contribution in [3.05, 3.63) is 421 Å². The van der Waals surface area contributed by atoms with Gasteiger partial charge in [0.15, 0.2) is 0 Å². The quantitative estimate of drug-likeness (QED) is 0.0858. The molecule has 0 saturated carbocycles. The van der Waals surface area contributed by atoms with Crippen molar-refractivity contribution in [3.63, 3.8) is 0 Å². The van der Waals surface area contributed by atoms with Gasteiger partial charge in [-0.2, -0.15) is 138 Å². The molecule has 12 heterocycles. The molecule has 12 aliphatic heterocycles. The molecule has 12 aromatic carbocycles. The number of fused-ring (bicyclic) bond motifs is 6. The van der Waals surface area contributed by atoms with E-state index in [1.807, 2.05) is 299 Å². The van der Waals surface area contributed by atoms with E-state index >= 15 is 0 Å². The Bertz CT molecular complexity index is 6220. The Morgan fingerprint density at radius 3 is 0.652 bits per heavy atom. The van der Waals surface area contributed by atoms with Gasteiger partial charge >= 0.3 is 42.1 Å². The van der Waals surface area contributed by atoms with Gasteiger partial charge in [-0.15, -0.1) is 107 Å². The van der Waals surface area contributed by atoms with Crippen LogP contribution in [-0.4, -0.2) is 114 Å². The van der Waals surface area contributed by atoms with E-state index in [0.717, 1.165) is 114 Å². The third-order valence-corrected chi connectivity index (χ3v) is 23.9. The summed E-state index contributed by atoms with van der Waals surface area (Å²) in [5.41, 5.74) is 24.1. The second-order valence-electron chi connectivity index (χ2n) is 33.5. The number of ether oxygens (including phenoxy) is 2. The van der Waals surface area contributed by atoms with Crippen LogP contribution in [0.5, 0.6) is 23.0 Å². The van der Waals surface area contributed by atoms with Gasteiger partial charge in [-0.3, -0.25) is 24.3 Å². The third-order valence-electron chi connectivity index (χ3n) is 23.9. The summed E-state index contributed by atoms with van der Waals surface area (Å²) in [5, 5.41) is 0. The average molecular weight is 2540 g/mol. The van der Waals surface area contributed by atoms with Gasteiger partial charge in [-0.05, 0) is 243 Å². The van der Waals surface area contributed by atoms with Gasteiger partial charge in [0.05, 0.1) is 0 Å². The molecule has 12 aromatic rings. The maximum absolute atomic E-state index is 6.70. The molecule has 0 aromatic heterocycles. The van der Waals surface area contributed by atoms with Crippen LogP contribution in [0.2, 0.25) is 0 Å². The SMILES string of the molecule is CN1C=CN(c2[c-]c(N3C=CN(C)[CH-]3)c(N3[CH-]N(C)c4ccccc43)[c-]c2Oc2[c-]c(N3[CH-]N(C)c4ccccc43)ccc2)[CH-]1.CN1C=CN(c2[c-]c(N3C=CN(C)[CH-]3)c(N3[CH-]N(C)c4ccccc43)[c-]c2Oc2[c-]c(N3[CH-]N(C)c4ccccc43)ccc2)[CH-]1.CN1C=CN(c2[c-]c(N3C=CN(C)[CH-]3)ccc2)[CH-]1.CN1[CH-]N(c2[c-]c(N3[CH-]N(C)c4ccccc43)ccc2)c2ccccc21.[Ir].[Ir].[Pt+4].[Pt+4]. The van der Waals surface area contributed by atoms with Gasteiger partial charge in [-0.1, -0.05) is 84.3 Å². The van der Waals surface area contributed by atoms with Crippen molar-refractivity contribution in [2.75, 3.05) is 173 Å². The average Bonchev–Trinajstić information content (AvgIpc) is 1.54. The standard InChI is InChI=1S/2C36H31N8O.C22H19N4.C14H15N4.2Ir.2Pt/c2*1-37-16-18-41(23-37)33-21-35(42-19-17-38(2)24-42)36(22-34(33)44-26-40(4)30-13-6-8-15-32(30)44)45-28-11-9-10-27(20-28)43-25-39(3)29-12-5-7-14-31(29)43;1-23-15-25(21-12-5-3-10-19(21)23)17-8-7-9-18(14-17)26-16-24(2)20-11-4-6-13-22(20)26;1-15-6-8-17(11-15)13-4-3-5-14(10-13)18-9-7-16(2)12-18;;;;/h2*5-19,23-26H,1-4H3;3-13,15-16H,1-2H3;3-9,11-12H,1-2H3;;;;/q2*-7;2*-3;;;2*+4. The predicted octanol–water partition coefficient (Wildman–Crippen LogP) is 21.0. The van der Waals surface area contributed by atoms with E-state index in [1.54, 1.807) is 0 Å². The minimum atomic E-state index is 0. The topological polar surface area (TPSA) is 96.2 Å². The zero-order valence-corrected chi connectivity index (χ0v) is 86.8. The van der Waals surface area contributed by atoms with Gasteiger partial charge in [0.2, 0.25) is 0 Å². The molecule has 0 fully saturated rings. The minimum absolute atomic E-state index is 0. The summed E-state index contributed by atoms with van der Waals surface area (Å²) in [6.45, 7) is 24.5. The van der Waals surface area contributed by atoms with Gasteiger partial charge in [-0.25, -0.2) is 0 Å². The first-order chi connectivity index (χ1) is 65.3. The monoisotopic (exact) mass is 2540 g/mol. The van der Waals surface area contributed by atoms with Crippen LogP contribution < -0.4 is 97.7 Å². The first kappa shape index (κ1) is 96.2. The number of hydrogen-bond acceptors (Lipinski definition) is 26. The van der Waals surface area contributed by atoms with Crippen molar-refractivity contribution in [2.45, 2.75) is 0 Å². The predicted molar refractivity (Wildman–Crippen MR) is 539 cm³/mol. The van der Waals surface area contributed by atoms with E-state index in [2.05, 4.69) is 325 Å². The van der Waals surface area contributed by atoms with Gasteiger partial charge in [0.25, 0.3) is 0 Å². The van der Waals surface area contributed by atoms with E-state index in [4.69, 9.17) is 9.47 Å². The number of hydrogen-bond donors (Lipinski definition) is 0. The number of para-hydroxylation sites is 12. The first-order valence-electron chi connectivity index (χ1n) is 43.8. The van der Waals surface area contributed by atoms with Gasteiger partial charge < -0.3 is 127 Å². The van der Waals surface area contributed by atoms with E-state index in [0.29, 0.717) is 23.0 Å². The summed E-state index contributed by atoms with van der Waals surface area (Å²) >= 11 is 0. The second-order valence-corrected chi connectivity index (χ2v) is 33.5. The summed E-state index contributed by atoms with van der Waals surface area (Å²) in [7, 11) is 24.3. The van der Waals surface area contributed by atoms with Gasteiger partial charge in [0.1, 0.15) is 0 Å². The Morgan fingerprint density at radius 1 is 0.181 bits per heavy atom. The zero-order chi connectivity index (χ0) is 91.5. The number of benzene rings is 12. The molecule has 0 N–H and O–H groups in total. The Labute approximate surface area is 867 Å². The maximum atomic E-state index is 6.70. The molecule has 24 rings (SSSR count). The second kappa shape index (κ2) is 41.1. The molecule has 0 spiro atoms. The van der Waals surface area contributed by atoms with Crippen LogP contribution >= 0.6 is 0 Å². The molecule has 0 bridgehead atoms. The van der Waals surface area contributed by atoms with Crippen molar-refractivity contribution in [2.24, 2.45) is 0 Å². The normalized spacial score (nSPS) is 16.3. The molecule has 138 heavy (non-hydrogen) atoms. The van der Waals surface area contributed by atoms with E-state index in [1.165, 1.54) is 22.7 Å². The fourth-order valence-corrected chi connectivity index (χ4v) is 17.3. The molecule has 30 heteroatoms. The fraction of sp³-hybridized carbons (Fsp3) is 0.111. The largest absolute Gasteiger partial charge is 4.00 e. The molecule has 0 atom stereocenters. The fourth-order valence-electron chi connectivity index (χ4n) is 17.3. The molecule has 26 nitrogen and oxygen atoms in total. The molecule has 0 unspecified atom stereocenters. The van der Waals surface area contributed by atoms with Crippen LogP contribution in [0.25, 0.3) is 0 Å². The molecule has 710 valence electrons. The molecule has 2 radical (unpaired) electrons. The van der Waals surface area contributed by atoms with Gasteiger partial charge in [0, 0.05) is 108 Å². The molecule has 0 saturated heterocycles. The number of nitrogens with zero attached hydrogens (tertiary/aromatic N) is 24. The molecular weight excluding hydrogens is 2440 g/mol. The van der Waals surface area contributed by atoms with Crippen molar-refractivity contribution in [1.82, 2.24) is 29.4 Å². The Hall–Kier alpha value is -13.4. The summed E-state index contributed by atoms with van der Waals surface area (Å²) in [6, 6.07) is 103. The Morgan fingerprint density at radius 2 is 0.391 bits per heavy atom. The van der Waals surface area contributed by atoms with Crippen LogP contribution in [0, 0.1) is 129 Å². The summed E-state index contributed by atoms with van der Waals surface area (Å²) in [6.07, 6.45) is 24.1. The van der Waals surface area contributed by atoms with Crippen molar-refractivity contribution >= 4 is 136 Å². The van der Waals surface area contributed by atoms with Crippen LogP contribution in [-0.2, 0) is 82.3 Å². The Balaban J connectivity index is 0.000000133. The maximum Gasteiger partial charge on any atom is 4.00 e. The number of rotatable bonds is 16. The summed E-state index contributed by atoms with van der Waals surface area (Å²) in [4.78, 5) is 49.8. The summed E-state index contributed by atoms with van der Waals surface area (Å²) in [5.74, 6) is 2.20.